The second-order valence-electron chi connectivity index (χ2n) is 4.64. The average molecular weight is 287 g/mol. The monoisotopic (exact) mass is 287 g/mol. The summed E-state index contributed by atoms with van der Waals surface area (Å²) in [4.78, 5) is 10.7. The van der Waals surface area contributed by atoms with Crippen LogP contribution in [-0.2, 0) is 10.0 Å². The summed E-state index contributed by atoms with van der Waals surface area (Å²) in [5.74, 6) is -1.51. The predicted octanol–water partition coefficient (Wildman–Crippen LogP) is 1.88. The van der Waals surface area contributed by atoms with Crippen molar-refractivity contribution in [2.24, 2.45) is 5.92 Å². The van der Waals surface area contributed by atoms with E-state index in [1.54, 1.807) is 0 Å². The van der Waals surface area contributed by atoms with Crippen LogP contribution in [0.15, 0.2) is 18.2 Å². The smallest absolute Gasteiger partial charge is 0.339 e. The highest BCUT2D eigenvalue weighted by Gasteiger charge is 2.14. The Kier molecular flexibility index (Phi) is 4.77. The lowest BCUT2D eigenvalue weighted by atomic mass is 10.2. The number of carbonyl (C=O) groups is 1. The van der Waals surface area contributed by atoms with Crippen LogP contribution in [0.4, 0.5) is 5.69 Å². The van der Waals surface area contributed by atoms with E-state index in [9.17, 15) is 18.3 Å². The molecular weight excluding hydrogens is 270 g/mol. The Labute approximate surface area is 112 Å². The van der Waals surface area contributed by atoms with E-state index in [2.05, 4.69) is 4.72 Å². The molecule has 0 bridgehead atoms. The van der Waals surface area contributed by atoms with Crippen molar-refractivity contribution in [1.82, 2.24) is 0 Å². The van der Waals surface area contributed by atoms with E-state index in [0.717, 1.165) is 12.1 Å². The summed E-state index contributed by atoms with van der Waals surface area (Å²) in [6, 6.07) is 3.53. The van der Waals surface area contributed by atoms with Crippen LogP contribution in [0.3, 0.4) is 0 Å². The molecule has 0 saturated heterocycles. The molecule has 0 spiro atoms. The SMILES string of the molecule is CC(C)CCS(=O)(=O)Nc1ccc(C(=O)O)c(O)c1. The molecule has 0 aliphatic heterocycles. The van der Waals surface area contributed by atoms with Crippen LogP contribution in [0.5, 0.6) is 5.75 Å². The zero-order valence-electron chi connectivity index (χ0n) is 10.8. The van der Waals surface area contributed by atoms with Crippen molar-refractivity contribution < 1.29 is 23.4 Å². The van der Waals surface area contributed by atoms with Crippen molar-refractivity contribution in [1.29, 1.82) is 0 Å². The molecule has 106 valence electrons. The molecule has 7 heteroatoms. The number of rotatable bonds is 6. The van der Waals surface area contributed by atoms with Gasteiger partial charge in [-0.3, -0.25) is 4.72 Å². The van der Waals surface area contributed by atoms with Crippen LogP contribution in [0.1, 0.15) is 30.6 Å². The second kappa shape index (κ2) is 5.92. The van der Waals surface area contributed by atoms with Crippen LogP contribution in [0.2, 0.25) is 0 Å². The second-order valence-corrected chi connectivity index (χ2v) is 6.48. The lowest BCUT2D eigenvalue weighted by Crippen LogP contribution is -2.18. The third-order valence-corrected chi connectivity index (χ3v) is 3.79. The lowest BCUT2D eigenvalue weighted by molar-refractivity contribution is 0.0694. The van der Waals surface area contributed by atoms with E-state index < -0.39 is 21.7 Å². The van der Waals surface area contributed by atoms with Crippen molar-refractivity contribution in [3.63, 3.8) is 0 Å². The number of hydrogen-bond acceptors (Lipinski definition) is 4. The van der Waals surface area contributed by atoms with Gasteiger partial charge in [0.2, 0.25) is 10.0 Å². The maximum Gasteiger partial charge on any atom is 0.339 e. The summed E-state index contributed by atoms with van der Waals surface area (Å²) in [5, 5.41) is 18.2. The zero-order valence-corrected chi connectivity index (χ0v) is 11.6. The highest BCUT2D eigenvalue weighted by Crippen LogP contribution is 2.22. The van der Waals surface area contributed by atoms with Gasteiger partial charge >= 0.3 is 5.97 Å². The van der Waals surface area contributed by atoms with Crippen molar-refractivity contribution >= 4 is 21.7 Å². The molecule has 19 heavy (non-hydrogen) atoms. The quantitative estimate of drug-likeness (QED) is 0.741. The maximum absolute atomic E-state index is 11.7. The van der Waals surface area contributed by atoms with E-state index >= 15 is 0 Å². The fourth-order valence-corrected chi connectivity index (χ4v) is 2.77. The van der Waals surface area contributed by atoms with Gasteiger partial charge in [-0.25, -0.2) is 13.2 Å². The summed E-state index contributed by atoms with van der Waals surface area (Å²) in [6.45, 7) is 3.84. The number of aromatic carboxylic acids is 1. The van der Waals surface area contributed by atoms with Gasteiger partial charge in [0, 0.05) is 6.07 Å². The van der Waals surface area contributed by atoms with E-state index in [0.29, 0.717) is 6.42 Å². The summed E-state index contributed by atoms with van der Waals surface area (Å²) in [5.41, 5.74) is -0.128. The third kappa shape index (κ3) is 4.78. The van der Waals surface area contributed by atoms with Crippen LogP contribution in [-0.4, -0.2) is 30.4 Å². The van der Waals surface area contributed by atoms with Crippen LogP contribution >= 0.6 is 0 Å². The standard InChI is InChI=1S/C12H17NO5S/c1-8(2)5-6-19(17,18)13-9-3-4-10(12(15)16)11(14)7-9/h3-4,7-8,13-14H,5-6H2,1-2H3,(H,15,16). The molecule has 0 unspecified atom stereocenters. The largest absolute Gasteiger partial charge is 0.507 e. The van der Waals surface area contributed by atoms with Crippen LogP contribution in [0.25, 0.3) is 0 Å². The van der Waals surface area contributed by atoms with Gasteiger partial charge < -0.3 is 10.2 Å². The summed E-state index contributed by atoms with van der Waals surface area (Å²) < 4.78 is 25.8. The Hall–Kier alpha value is -1.76. The number of aromatic hydroxyl groups is 1. The lowest BCUT2D eigenvalue weighted by Gasteiger charge is -2.10. The normalized spacial score (nSPS) is 11.5. The molecule has 3 N–H and O–H groups in total. The van der Waals surface area contributed by atoms with E-state index in [-0.39, 0.29) is 22.9 Å². The van der Waals surface area contributed by atoms with Gasteiger partial charge in [0.25, 0.3) is 0 Å². The molecule has 0 aromatic heterocycles. The first-order chi connectivity index (χ1) is 8.71. The Morgan fingerprint density at radius 1 is 1.37 bits per heavy atom. The minimum atomic E-state index is -3.49. The average Bonchev–Trinajstić information content (AvgIpc) is 2.25. The molecule has 0 radical (unpaired) electrons. The number of nitrogens with one attached hydrogen (secondary N) is 1. The Morgan fingerprint density at radius 2 is 2.00 bits per heavy atom. The fourth-order valence-electron chi connectivity index (χ4n) is 1.40. The topological polar surface area (TPSA) is 104 Å². The Bertz CT molecular complexity index is 565. The minimum absolute atomic E-state index is 0.0217. The first-order valence-electron chi connectivity index (χ1n) is 5.78. The first-order valence-corrected chi connectivity index (χ1v) is 7.43. The molecule has 6 nitrogen and oxygen atoms in total. The molecule has 1 aromatic carbocycles. The Morgan fingerprint density at radius 3 is 2.47 bits per heavy atom. The van der Waals surface area contributed by atoms with Gasteiger partial charge in [0.1, 0.15) is 11.3 Å². The van der Waals surface area contributed by atoms with E-state index in [1.165, 1.54) is 6.07 Å². The third-order valence-electron chi connectivity index (χ3n) is 2.47. The van der Waals surface area contributed by atoms with Gasteiger partial charge in [-0.15, -0.1) is 0 Å². The number of hydrogen-bond donors (Lipinski definition) is 3. The summed E-state index contributed by atoms with van der Waals surface area (Å²) in [6.07, 6.45) is 0.522. The van der Waals surface area contributed by atoms with Crippen molar-refractivity contribution in [3.05, 3.63) is 23.8 Å². The highest BCUT2D eigenvalue weighted by atomic mass is 32.2. The van der Waals surface area contributed by atoms with Gasteiger partial charge in [0.15, 0.2) is 0 Å². The number of carboxylic acids is 1. The zero-order chi connectivity index (χ0) is 14.6. The summed E-state index contributed by atoms with van der Waals surface area (Å²) in [7, 11) is -3.49. The number of carboxylic acid groups (broad SMARTS) is 1. The molecule has 0 atom stereocenters. The predicted molar refractivity (Wildman–Crippen MR) is 71.9 cm³/mol. The molecule has 0 heterocycles. The number of benzene rings is 1. The minimum Gasteiger partial charge on any atom is -0.507 e. The molecule has 0 aliphatic carbocycles. The molecular formula is C12H17NO5S. The number of phenols is 1. The Balaban J connectivity index is 2.83. The molecule has 0 aliphatic rings. The number of anilines is 1. The van der Waals surface area contributed by atoms with Crippen molar-refractivity contribution in [2.75, 3.05) is 10.5 Å². The van der Waals surface area contributed by atoms with E-state index in [1.807, 2.05) is 13.8 Å². The van der Waals surface area contributed by atoms with Gasteiger partial charge in [-0.2, -0.15) is 0 Å². The van der Waals surface area contributed by atoms with Gasteiger partial charge in [0.05, 0.1) is 11.4 Å². The molecule has 0 saturated carbocycles. The molecule has 1 aromatic rings. The molecule has 0 fully saturated rings. The van der Waals surface area contributed by atoms with Gasteiger partial charge in [-0.1, -0.05) is 13.8 Å². The molecule has 0 amide bonds. The van der Waals surface area contributed by atoms with Crippen LogP contribution < -0.4 is 4.72 Å². The van der Waals surface area contributed by atoms with Gasteiger partial charge in [-0.05, 0) is 24.5 Å². The molecule has 1 rings (SSSR count). The van der Waals surface area contributed by atoms with Crippen molar-refractivity contribution in [3.8, 4) is 5.75 Å². The first kappa shape index (κ1) is 15.3. The van der Waals surface area contributed by atoms with Crippen molar-refractivity contribution in [2.45, 2.75) is 20.3 Å². The highest BCUT2D eigenvalue weighted by molar-refractivity contribution is 7.92. The maximum atomic E-state index is 11.7. The fraction of sp³-hybridized carbons (Fsp3) is 0.417. The van der Waals surface area contributed by atoms with E-state index in [4.69, 9.17) is 5.11 Å². The van der Waals surface area contributed by atoms with Crippen LogP contribution in [0, 0.1) is 5.92 Å². The summed E-state index contributed by atoms with van der Waals surface area (Å²) >= 11 is 0. The number of sulfonamides is 1.